The number of nitrogens with zero attached hydrogens (tertiary/aromatic N) is 4. The van der Waals surface area contributed by atoms with Crippen molar-refractivity contribution in [2.45, 2.75) is 32.1 Å². The molecule has 2 aromatic heterocycles. The van der Waals surface area contributed by atoms with Gasteiger partial charge in [0.05, 0.1) is 31.8 Å². The lowest BCUT2D eigenvalue weighted by Crippen LogP contribution is -2.16. The molecule has 0 unspecified atom stereocenters. The average molecular weight is 409 g/mol. The van der Waals surface area contributed by atoms with Crippen molar-refractivity contribution in [2.75, 3.05) is 14.2 Å². The normalized spacial score (nSPS) is 14.7. The standard InChI is InChI=1S/C22H24N4O2S/c1-27-18-10-11-21(28-2)19(13-18)20-15-29-22(24-17-9-6-12-23-14-17)26(20)25-16-7-4-3-5-8-16/h6,9-15H,3-5,7-8H2,1-2H3. The first-order valence-electron chi connectivity index (χ1n) is 9.73. The van der Waals surface area contributed by atoms with Crippen molar-refractivity contribution in [2.24, 2.45) is 10.1 Å². The quantitative estimate of drug-likeness (QED) is 0.595. The monoisotopic (exact) mass is 408 g/mol. The van der Waals surface area contributed by atoms with Gasteiger partial charge in [0.1, 0.15) is 11.5 Å². The minimum absolute atomic E-state index is 0.772. The summed E-state index contributed by atoms with van der Waals surface area (Å²) < 4.78 is 13.0. The first-order chi connectivity index (χ1) is 14.3. The van der Waals surface area contributed by atoms with Crippen LogP contribution >= 0.6 is 11.3 Å². The smallest absolute Gasteiger partial charge is 0.211 e. The molecule has 0 aliphatic heterocycles. The lowest BCUT2D eigenvalue weighted by molar-refractivity contribution is 0.404. The molecule has 3 aromatic rings. The summed E-state index contributed by atoms with van der Waals surface area (Å²) in [5, 5.41) is 7.08. The van der Waals surface area contributed by atoms with Gasteiger partial charge in [0.25, 0.3) is 0 Å². The third kappa shape index (κ3) is 4.40. The lowest BCUT2D eigenvalue weighted by atomic mass is 9.99. The SMILES string of the molecule is COc1ccc(OC)c(-c2csc(=Nc3cccnc3)n2N=C2CCCCC2)c1. The Kier molecular flexibility index (Phi) is 6.05. The van der Waals surface area contributed by atoms with Gasteiger partial charge in [0.2, 0.25) is 4.80 Å². The predicted octanol–water partition coefficient (Wildman–Crippen LogP) is 5.03. The number of pyridine rings is 1. The van der Waals surface area contributed by atoms with Crippen LogP contribution in [0.25, 0.3) is 11.3 Å². The summed E-state index contributed by atoms with van der Waals surface area (Å²) in [5.41, 5.74) is 3.88. The molecule has 150 valence electrons. The van der Waals surface area contributed by atoms with Crippen LogP contribution in [-0.4, -0.2) is 29.6 Å². The van der Waals surface area contributed by atoms with E-state index in [-0.39, 0.29) is 0 Å². The van der Waals surface area contributed by atoms with E-state index in [1.54, 1.807) is 38.0 Å². The molecule has 2 heterocycles. The number of ether oxygens (including phenoxy) is 2. The number of hydrogen-bond acceptors (Lipinski definition) is 6. The second-order valence-corrected chi connectivity index (χ2v) is 7.67. The Morgan fingerprint density at radius 3 is 2.66 bits per heavy atom. The number of thiazole rings is 1. The van der Waals surface area contributed by atoms with E-state index in [1.165, 1.54) is 25.0 Å². The van der Waals surface area contributed by atoms with Crippen molar-refractivity contribution < 1.29 is 9.47 Å². The van der Waals surface area contributed by atoms with Gasteiger partial charge in [-0.15, -0.1) is 11.3 Å². The first-order valence-corrected chi connectivity index (χ1v) is 10.6. The Labute approximate surface area is 174 Å². The van der Waals surface area contributed by atoms with Crippen molar-refractivity contribution in [1.82, 2.24) is 9.66 Å². The van der Waals surface area contributed by atoms with E-state index in [0.29, 0.717) is 0 Å². The maximum Gasteiger partial charge on any atom is 0.211 e. The van der Waals surface area contributed by atoms with Gasteiger partial charge in [-0.25, -0.2) is 9.67 Å². The van der Waals surface area contributed by atoms with E-state index in [4.69, 9.17) is 19.6 Å². The molecule has 0 saturated heterocycles. The number of rotatable bonds is 5. The van der Waals surface area contributed by atoms with Gasteiger partial charge in [-0.3, -0.25) is 4.98 Å². The maximum absolute atomic E-state index is 5.62. The molecule has 0 radical (unpaired) electrons. The maximum atomic E-state index is 5.62. The van der Waals surface area contributed by atoms with Crippen molar-refractivity contribution in [1.29, 1.82) is 0 Å². The molecule has 6 nitrogen and oxygen atoms in total. The zero-order valence-electron chi connectivity index (χ0n) is 16.7. The van der Waals surface area contributed by atoms with E-state index < -0.39 is 0 Å². The molecule has 7 heteroatoms. The molecule has 0 amide bonds. The second-order valence-electron chi connectivity index (χ2n) is 6.83. The summed E-state index contributed by atoms with van der Waals surface area (Å²) in [5.74, 6) is 1.55. The van der Waals surface area contributed by atoms with Crippen molar-refractivity contribution in [3.63, 3.8) is 0 Å². The lowest BCUT2D eigenvalue weighted by Gasteiger charge is -2.14. The molecular weight excluding hydrogens is 384 g/mol. The zero-order valence-corrected chi connectivity index (χ0v) is 17.5. The van der Waals surface area contributed by atoms with Gasteiger partial charge in [-0.1, -0.05) is 6.42 Å². The van der Waals surface area contributed by atoms with Crippen LogP contribution < -0.4 is 14.3 Å². The van der Waals surface area contributed by atoms with Crippen LogP contribution in [-0.2, 0) is 0 Å². The van der Waals surface area contributed by atoms with Crippen LogP contribution in [0.5, 0.6) is 11.5 Å². The molecule has 0 atom stereocenters. The average Bonchev–Trinajstić information content (AvgIpc) is 3.16. The van der Waals surface area contributed by atoms with Gasteiger partial charge < -0.3 is 9.47 Å². The van der Waals surface area contributed by atoms with E-state index in [0.717, 1.165) is 46.1 Å². The zero-order chi connectivity index (χ0) is 20.1. The van der Waals surface area contributed by atoms with E-state index in [1.807, 2.05) is 35.0 Å². The Balaban J connectivity index is 1.90. The van der Waals surface area contributed by atoms with E-state index >= 15 is 0 Å². The Morgan fingerprint density at radius 1 is 1.07 bits per heavy atom. The van der Waals surface area contributed by atoms with Gasteiger partial charge >= 0.3 is 0 Å². The minimum atomic E-state index is 0.772. The van der Waals surface area contributed by atoms with Gasteiger partial charge in [0, 0.05) is 22.9 Å². The number of aromatic nitrogens is 2. The first kappa shape index (κ1) is 19.4. The molecule has 1 aliphatic rings. The Morgan fingerprint density at radius 2 is 1.93 bits per heavy atom. The molecule has 4 rings (SSSR count). The summed E-state index contributed by atoms with van der Waals surface area (Å²) in [4.78, 5) is 9.76. The van der Waals surface area contributed by atoms with Gasteiger partial charge in [-0.05, 0) is 56.0 Å². The molecule has 1 saturated carbocycles. The van der Waals surface area contributed by atoms with Crippen LogP contribution in [0.4, 0.5) is 5.69 Å². The van der Waals surface area contributed by atoms with Crippen molar-refractivity contribution >= 4 is 22.7 Å². The summed E-state index contributed by atoms with van der Waals surface area (Å²) in [7, 11) is 3.34. The van der Waals surface area contributed by atoms with Crippen LogP contribution in [0.2, 0.25) is 0 Å². The van der Waals surface area contributed by atoms with Gasteiger partial charge in [0.15, 0.2) is 0 Å². The highest BCUT2D eigenvalue weighted by atomic mass is 32.1. The number of hydrogen-bond donors (Lipinski definition) is 0. The predicted molar refractivity (Wildman–Crippen MR) is 116 cm³/mol. The summed E-state index contributed by atoms with van der Waals surface area (Å²) >= 11 is 1.55. The van der Waals surface area contributed by atoms with Crippen LogP contribution in [0, 0.1) is 0 Å². The number of benzene rings is 1. The van der Waals surface area contributed by atoms with Gasteiger partial charge in [-0.2, -0.15) is 5.10 Å². The summed E-state index contributed by atoms with van der Waals surface area (Å²) in [6.07, 6.45) is 9.22. The molecule has 29 heavy (non-hydrogen) atoms. The van der Waals surface area contributed by atoms with Crippen LogP contribution in [0.3, 0.4) is 0 Å². The molecule has 1 aliphatic carbocycles. The fourth-order valence-electron chi connectivity index (χ4n) is 3.41. The third-order valence-electron chi connectivity index (χ3n) is 4.91. The Hall–Kier alpha value is -2.93. The molecule has 0 N–H and O–H groups in total. The van der Waals surface area contributed by atoms with Crippen LogP contribution in [0.1, 0.15) is 32.1 Å². The highest BCUT2D eigenvalue weighted by Crippen LogP contribution is 2.34. The number of methoxy groups -OCH3 is 2. The molecular formula is C22H24N4O2S. The topological polar surface area (TPSA) is 61.0 Å². The second kappa shape index (κ2) is 9.05. The third-order valence-corrected chi connectivity index (χ3v) is 5.73. The van der Waals surface area contributed by atoms with Crippen molar-refractivity contribution in [3.8, 4) is 22.8 Å². The summed E-state index contributed by atoms with van der Waals surface area (Å²) in [6, 6.07) is 9.62. The fraction of sp³-hybridized carbons (Fsp3) is 0.318. The largest absolute Gasteiger partial charge is 0.497 e. The van der Waals surface area contributed by atoms with E-state index in [2.05, 4.69) is 10.4 Å². The molecule has 1 fully saturated rings. The van der Waals surface area contributed by atoms with Crippen LogP contribution in [0.15, 0.2) is 58.2 Å². The highest BCUT2D eigenvalue weighted by Gasteiger charge is 2.16. The fourth-order valence-corrected chi connectivity index (χ4v) is 4.25. The Bertz CT molecular complexity index is 1060. The minimum Gasteiger partial charge on any atom is -0.497 e. The molecule has 1 aromatic carbocycles. The van der Waals surface area contributed by atoms with Crippen molar-refractivity contribution in [3.05, 3.63) is 52.9 Å². The summed E-state index contributed by atoms with van der Waals surface area (Å²) in [6.45, 7) is 0. The highest BCUT2D eigenvalue weighted by molar-refractivity contribution is 7.07. The van der Waals surface area contributed by atoms with E-state index in [9.17, 15) is 0 Å². The molecule has 0 spiro atoms. The molecule has 0 bridgehead atoms.